The molecule has 10 heteroatoms. The predicted octanol–water partition coefficient (Wildman–Crippen LogP) is 5.20. The van der Waals surface area contributed by atoms with Gasteiger partial charge < -0.3 is 0 Å². The number of hydrazone groups is 1. The van der Waals surface area contributed by atoms with E-state index in [1.54, 1.807) is 18.2 Å². The van der Waals surface area contributed by atoms with Crippen molar-refractivity contribution in [3.63, 3.8) is 0 Å². The van der Waals surface area contributed by atoms with Gasteiger partial charge >= 0.3 is 6.18 Å². The number of rotatable bonds is 3. The number of alkyl halides is 3. The van der Waals surface area contributed by atoms with Crippen LogP contribution in [0, 0.1) is 0 Å². The molecule has 0 spiro atoms. The van der Waals surface area contributed by atoms with Crippen LogP contribution in [0.5, 0.6) is 0 Å². The Balaban J connectivity index is 1.93. The maximum absolute atomic E-state index is 12.7. The van der Waals surface area contributed by atoms with Crippen LogP contribution in [0.1, 0.15) is 24.0 Å². The van der Waals surface area contributed by atoms with Crippen LogP contribution in [0.2, 0.25) is 10.0 Å². The van der Waals surface area contributed by atoms with Crippen molar-refractivity contribution in [3.8, 4) is 0 Å². The lowest BCUT2D eigenvalue weighted by Gasteiger charge is -2.25. The van der Waals surface area contributed by atoms with E-state index in [1.165, 1.54) is 0 Å². The Kier molecular flexibility index (Phi) is 5.42. The molecule has 1 aliphatic heterocycles. The van der Waals surface area contributed by atoms with Gasteiger partial charge in [-0.05, 0) is 54.8 Å². The molecule has 0 saturated carbocycles. The minimum Gasteiger partial charge on any atom is -0.200 e. The molecule has 0 unspecified atom stereocenters. The van der Waals surface area contributed by atoms with Gasteiger partial charge in [0.05, 0.1) is 32.8 Å². The molecule has 1 aliphatic rings. The second kappa shape index (κ2) is 7.33. The highest BCUT2D eigenvalue weighted by molar-refractivity contribution is 7.89. The zero-order chi connectivity index (χ0) is 19.8. The number of halogens is 5. The summed E-state index contributed by atoms with van der Waals surface area (Å²) in [6.07, 6.45) is -3.48. The van der Waals surface area contributed by atoms with Crippen molar-refractivity contribution in [2.24, 2.45) is 5.10 Å². The molecule has 144 valence electrons. The van der Waals surface area contributed by atoms with Crippen LogP contribution in [0.4, 0.5) is 13.2 Å². The zero-order valence-electron chi connectivity index (χ0n) is 13.7. The maximum Gasteiger partial charge on any atom is 0.416 e. The summed E-state index contributed by atoms with van der Waals surface area (Å²) in [5.41, 5.74) is 0.229. The van der Waals surface area contributed by atoms with Gasteiger partial charge in [0.25, 0.3) is 10.0 Å². The lowest BCUT2D eigenvalue weighted by Crippen LogP contribution is -2.32. The molecule has 0 saturated heterocycles. The first-order valence-corrected chi connectivity index (χ1v) is 10.0. The smallest absolute Gasteiger partial charge is 0.200 e. The highest BCUT2D eigenvalue weighted by Gasteiger charge is 2.32. The fraction of sp³-hybridized carbons (Fsp3) is 0.235. The molecule has 0 aliphatic carbocycles. The third kappa shape index (κ3) is 4.23. The first-order valence-electron chi connectivity index (χ1n) is 7.82. The average molecular weight is 437 g/mol. The van der Waals surface area contributed by atoms with Crippen LogP contribution in [-0.4, -0.2) is 25.1 Å². The Morgan fingerprint density at radius 2 is 1.67 bits per heavy atom. The molecule has 0 fully saturated rings. The molecule has 27 heavy (non-hydrogen) atoms. The summed E-state index contributed by atoms with van der Waals surface area (Å²) >= 11 is 11.9. The van der Waals surface area contributed by atoms with E-state index in [0.717, 1.165) is 28.7 Å². The van der Waals surface area contributed by atoms with E-state index >= 15 is 0 Å². The van der Waals surface area contributed by atoms with Crippen molar-refractivity contribution in [1.29, 1.82) is 0 Å². The van der Waals surface area contributed by atoms with E-state index in [-0.39, 0.29) is 11.4 Å². The summed E-state index contributed by atoms with van der Waals surface area (Å²) in [5, 5.41) is 4.87. The minimum absolute atomic E-state index is 0.133. The molecule has 2 aromatic carbocycles. The number of sulfonamides is 1. The van der Waals surface area contributed by atoms with Crippen molar-refractivity contribution in [2.45, 2.75) is 23.9 Å². The highest BCUT2D eigenvalue weighted by atomic mass is 35.5. The fourth-order valence-electron chi connectivity index (χ4n) is 2.61. The summed E-state index contributed by atoms with van der Waals surface area (Å²) in [7, 11) is -4.06. The largest absolute Gasteiger partial charge is 0.416 e. The van der Waals surface area contributed by atoms with Crippen molar-refractivity contribution in [2.75, 3.05) is 6.54 Å². The minimum atomic E-state index is -4.54. The third-order valence-corrected chi connectivity index (χ3v) is 6.43. The number of benzene rings is 2. The summed E-state index contributed by atoms with van der Waals surface area (Å²) in [5.74, 6) is 0. The van der Waals surface area contributed by atoms with Crippen molar-refractivity contribution in [1.82, 2.24) is 4.41 Å². The van der Waals surface area contributed by atoms with Crippen LogP contribution in [0.3, 0.4) is 0 Å². The van der Waals surface area contributed by atoms with Gasteiger partial charge in [-0.15, -0.1) is 0 Å². The zero-order valence-corrected chi connectivity index (χ0v) is 16.0. The summed E-state index contributed by atoms with van der Waals surface area (Å²) in [6, 6.07) is 8.20. The Morgan fingerprint density at radius 1 is 1.00 bits per heavy atom. The molecule has 3 rings (SSSR count). The van der Waals surface area contributed by atoms with Gasteiger partial charge in [0, 0.05) is 0 Å². The highest BCUT2D eigenvalue weighted by Crippen LogP contribution is 2.31. The van der Waals surface area contributed by atoms with Crippen LogP contribution < -0.4 is 0 Å². The van der Waals surface area contributed by atoms with Gasteiger partial charge in [-0.25, -0.2) is 0 Å². The van der Waals surface area contributed by atoms with Gasteiger partial charge in [-0.3, -0.25) is 0 Å². The second-order valence-corrected chi connectivity index (χ2v) is 8.51. The van der Waals surface area contributed by atoms with E-state index in [1.807, 2.05) is 0 Å². The Bertz CT molecular complexity index is 990. The second-order valence-electron chi connectivity index (χ2n) is 5.85. The Morgan fingerprint density at radius 3 is 2.26 bits per heavy atom. The summed E-state index contributed by atoms with van der Waals surface area (Å²) in [4.78, 5) is -0.255. The third-order valence-electron chi connectivity index (χ3n) is 4.01. The first kappa shape index (κ1) is 20.0. The molecule has 0 bridgehead atoms. The SMILES string of the molecule is O=S(=O)(c1ccc(C(F)(F)F)cc1)N1CCCC(c2ccc(Cl)c(Cl)c2)=N1. The summed E-state index contributed by atoms with van der Waals surface area (Å²) in [6.45, 7) is 0.133. The van der Waals surface area contributed by atoms with E-state index in [0.29, 0.717) is 34.2 Å². The quantitative estimate of drug-likeness (QED) is 0.663. The van der Waals surface area contributed by atoms with E-state index in [2.05, 4.69) is 5.10 Å². The van der Waals surface area contributed by atoms with Gasteiger partial charge in [-0.1, -0.05) is 29.3 Å². The van der Waals surface area contributed by atoms with Gasteiger partial charge in [0.15, 0.2) is 0 Å². The van der Waals surface area contributed by atoms with Gasteiger partial charge in [0.2, 0.25) is 0 Å². The molecule has 0 amide bonds. The fourth-order valence-corrected chi connectivity index (χ4v) is 4.20. The number of nitrogens with zero attached hydrogens (tertiary/aromatic N) is 2. The molecular weight excluding hydrogens is 424 g/mol. The van der Waals surface area contributed by atoms with Crippen LogP contribution in [-0.2, 0) is 16.2 Å². The van der Waals surface area contributed by atoms with Crippen molar-refractivity contribution >= 4 is 38.9 Å². The van der Waals surface area contributed by atoms with Crippen molar-refractivity contribution in [3.05, 3.63) is 63.6 Å². The van der Waals surface area contributed by atoms with Crippen molar-refractivity contribution < 1.29 is 21.6 Å². The van der Waals surface area contributed by atoms with Crippen LogP contribution in [0.15, 0.2) is 52.5 Å². The monoisotopic (exact) mass is 436 g/mol. The summed E-state index contributed by atoms with van der Waals surface area (Å²) < 4.78 is 64.4. The first-order chi connectivity index (χ1) is 12.6. The standard InChI is InChI=1S/C17H13Cl2F3N2O2S/c18-14-8-3-11(10-15(14)19)16-2-1-9-24(23-16)27(25,26)13-6-4-12(5-7-13)17(20,21)22/h3-8,10H,1-2,9H2. The molecular formula is C17H13Cl2F3N2O2S. The van der Waals surface area contributed by atoms with Crippen LogP contribution >= 0.6 is 23.2 Å². The lowest BCUT2D eigenvalue weighted by atomic mass is 10.1. The number of hydrogen-bond acceptors (Lipinski definition) is 3. The van der Waals surface area contributed by atoms with Gasteiger partial charge in [-0.2, -0.15) is 31.1 Å². The molecule has 0 radical (unpaired) electrons. The topological polar surface area (TPSA) is 49.7 Å². The van der Waals surface area contributed by atoms with E-state index in [9.17, 15) is 21.6 Å². The number of hydrogen-bond donors (Lipinski definition) is 0. The maximum atomic E-state index is 12.7. The van der Waals surface area contributed by atoms with E-state index in [4.69, 9.17) is 23.2 Å². The normalized spacial score (nSPS) is 15.6. The van der Waals surface area contributed by atoms with Gasteiger partial charge in [0.1, 0.15) is 0 Å². The average Bonchev–Trinajstić information content (AvgIpc) is 2.63. The predicted molar refractivity (Wildman–Crippen MR) is 97.6 cm³/mol. The molecule has 1 heterocycles. The Hall–Kier alpha value is -1.77. The molecule has 0 atom stereocenters. The molecule has 4 nitrogen and oxygen atoms in total. The lowest BCUT2D eigenvalue weighted by molar-refractivity contribution is -0.137. The van der Waals surface area contributed by atoms with Crippen LogP contribution in [0.25, 0.3) is 0 Å². The molecule has 0 N–H and O–H groups in total. The molecule has 2 aromatic rings. The van der Waals surface area contributed by atoms with E-state index < -0.39 is 21.8 Å². The molecule has 0 aromatic heterocycles. The Labute approximate surface area is 164 Å².